The van der Waals surface area contributed by atoms with E-state index in [0.717, 1.165) is 17.5 Å². The summed E-state index contributed by atoms with van der Waals surface area (Å²) in [6.07, 6.45) is 8.83. The Bertz CT molecular complexity index is 1060. The van der Waals surface area contributed by atoms with Crippen molar-refractivity contribution < 1.29 is 19.1 Å². The maximum Gasteiger partial charge on any atom is 0.340 e. The highest BCUT2D eigenvalue weighted by Gasteiger charge is 2.08. The zero-order chi connectivity index (χ0) is 24.4. The highest BCUT2D eigenvalue weighted by Crippen LogP contribution is 2.11. The Hall–Kier alpha value is -4.12. The van der Waals surface area contributed by atoms with Gasteiger partial charge in [-0.25, -0.2) is 4.79 Å². The van der Waals surface area contributed by atoms with Crippen LogP contribution in [0.2, 0.25) is 0 Å². The van der Waals surface area contributed by atoms with Gasteiger partial charge in [0.15, 0.2) is 0 Å². The predicted octanol–water partition coefficient (Wildman–Crippen LogP) is 6.18. The van der Waals surface area contributed by atoms with Crippen LogP contribution in [-0.4, -0.2) is 25.2 Å². The molecule has 0 aromatic heterocycles. The van der Waals surface area contributed by atoms with Gasteiger partial charge in [-0.2, -0.15) is 0 Å². The standard InChI is InChI=1S/C16H15NO2.C13H16O2/c17-15-11-5-4-10-14(15)16(18)19-12-6-9-13-7-2-1-3-8-13;1-2-7-13(14)15-11-6-10-12-8-4-3-5-9-12/h1-11H,12,17H2;3-6,8-10H,2,7,11H2,1H3/b9-6+;10-6+. The van der Waals surface area contributed by atoms with Crippen LogP contribution >= 0.6 is 0 Å². The van der Waals surface area contributed by atoms with Crippen molar-refractivity contribution in [1.29, 1.82) is 0 Å². The van der Waals surface area contributed by atoms with Gasteiger partial charge in [0.1, 0.15) is 13.2 Å². The van der Waals surface area contributed by atoms with Gasteiger partial charge in [-0.1, -0.05) is 91.9 Å². The highest BCUT2D eigenvalue weighted by atomic mass is 16.5. The fourth-order valence-electron chi connectivity index (χ4n) is 2.80. The van der Waals surface area contributed by atoms with Crippen molar-refractivity contribution in [3.05, 3.63) is 114 Å². The summed E-state index contributed by atoms with van der Waals surface area (Å²) in [5, 5.41) is 0. The van der Waals surface area contributed by atoms with Gasteiger partial charge in [0.25, 0.3) is 0 Å². The van der Waals surface area contributed by atoms with Crippen LogP contribution in [0.25, 0.3) is 12.2 Å². The molecule has 34 heavy (non-hydrogen) atoms. The maximum atomic E-state index is 11.7. The Morgan fingerprint density at radius 3 is 1.76 bits per heavy atom. The smallest absolute Gasteiger partial charge is 0.340 e. The van der Waals surface area contributed by atoms with E-state index in [9.17, 15) is 9.59 Å². The van der Waals surface area contributed by atoms with Gasteiger partial charge < -0.3 is 15.2 Å². The fourth-order valence-corrected chi connectivity index (χ4v) is 2.80. The molecule has 0 aliphatic heterocycles. The summed E-state index contributed by atoms with van der Waals surface area (Å²) in [6, 6.07) is 26.6. The number of esters is 2. The lowest BCUT2D eigenvalue weighted by Gasteiger charge is -2.04. The fraction of sp³-hybridized carbons (Fsp3) is 0.172. The summed E-state index contributed by atoms with van der Waals surface area (Å²) < 4.78 is 10.1. The summed E-state index contributed by atoms with van der Waals surface area (Å²) in [7, 11) is 0. The minimum Gasteiger partial charge on any atom is -0.461 e. The Kier molecular flexibility index (Phi) is 12.0. The first-order chi connectivity index (χ1) is 16.6. The van der Waals surface area contributed by atoms with Crippen LogP contribution in [0.5, 0.6) is 0 Å². The van der Waals surface area contributed by atoms with Crippen molar-refractivity contribution in [2.24, 2.45) is 0 Å². The second-order valence-electron chi connectivity index (χ2n) is 7.24. The first-order valence-electron chi connectivity index (χ1n) is 11.2. The lowest BCUT2D eigenvalue weighted by atomic mass is 10.2. The van der Waals surface area contributed by atoms with Crippen molar-refractivity contribution in [2.45, 2.75) is 19.8 Å². The molecule has 0 fully saturated rings. The number of anilines is 1. The molecule has 2 N–H and O–H groups in total. The minimum absolute atomic E-state index is 0.129. The van der Waals surface area contributed by atoms with Crippen molar-refractivity contribution in [3.8, 4) is 0 Å². The Morgan fingerprint density at radius 2 is 1.24 bits per heavy atom. The molecule has 0 heterocycles. The Morgan fingerprint density at radius 1 is 0.735 bits per heavy atom. The number of nitrogens with two attached hydrogens (primary N) is 1. The van der Waals surface area contributed by atoms with Crippen LogP contribution in [0, 0.1) is 0 Å². The molecular formula is C29H31NO4. The summed E-state index contributed by atoms with van der Waals surface area (Å²) in [5.74, 6) is -0.536. The van der Waals surface area contributed by atoms with E-state index in [-0.39, 0.29) is 12.6 Å². The molecular weight excluding hydrogens is 426 g/mol. The van der Waals surface area contributed by atoms with Crippen LogP contribution in [0.4, 0.5) is 5.69 Å². The van der Waals surface area contributed by atoms with Crippen molar-refractivity contribution >= 4 is 29.8 Å². The van der Waals surface area contributed by atoms with E-state index in [0.29, 0.717) is 24.3 Å². The van der Waals surface area contributed by atoms with Crippen LogP contribution in [0.3, 0.4) is 0 Å². The highest BCUT2D eigenvalue weighted by molar-refractivity contribution is 5.95. The minimum atomic E-state index is -0.407. The molecule has 0 amide bonds. The molecule has 0 saturated carbocycles. The molecule has 0 aliphatic carbocycles. The summed E-state index contributed by atoms with van der Waals surface area (Å²) >= 11 is 0. The number of hydrogen-bond donors (Lipinski definition) is 1. The Balaban J connectivity index is 0.000000248. The van der Waals surface area contributed by atoms with Crippen molar-refractivity contribution in [2.75, 3.05) is 18.9 Å². The molecule has 0 radical (unpaired) electrons. The van der Waals surface area contributed by atoms with Crippen LogP contribution in [-0.2, 0) is 14.3 Å². The molecule has 3 aromatic rings. The zero-order valence-corrected chi connectivity index (χ0v) is 19.4. The molecule has 176 valence electrons. The quantitative estimate of drug-likeness (QED) is 0.306. The zero-order valence-electron chi connectivity index (χ0n) is 19.4. The van der Waals surface area contributed by atoms with E-state index in [1.807, 2.05) is 85.8 Å². The largest absolute Gasteiger partial charge is 0.461 e. The van der Waals surface area contributed by atoms with Crippen molar-refractivity contribution in [3.63, 3.8) is 0 Å². The number of benzene rings is 3. The first-order valence-corrected chi connectivity index (χ1v) is 11.2. The van der Waals surface area contributed by atoms with E-state index < -0.39 is 5.97 Å². The number of carbonyl (C=O) groups is 2. The third kappa shape index (κ3) is 10.5. The third-order valence-corrected chi connectivity index (χ3v) is 4.51. The van der Waals surface area contributed by atoms with Crippen LogP contribution < -0.4 is 5.73 Å². The molecule has 0 atom stereocenters. The molecule has 3 aromatic carbocycles. The van der Waals surface area contributed by atoms with Crippen LogP contribution in [0.1, 0.15) is 41.3 Å². The molecule has 5 nitrogen and oxygen atoms in total. The molecule has 0 bridgehead atoms. The van der Waals surface area contributed by atoms with Gasteiger partial charge in [-0.3, -0.25) is 4.79 Å². The molecule has 5 heteroatoms. The number of rotatable bonds is 9. The predicted molar refractivity (Wildman–Crippen MR) is 138 cm³/mol. The van der Waals surface area contributed by atoms with E-state index >= 15 is 0 Å². The second kappa shape index (κ2) is 15.6. The molecule has 0 spiro atoms. The van der Waals surface area contributed by atoms with Crippen LogP contribution in [0.15, 0.2) is 97.1 Å². The average Bonchev–Trinajstić information content (AvgIpc) is 2.86. The lowest BCUT2D eigenvalue weighted by Crippen LogP contribution is -2.07. The van der Waals surface area contributed by atoms with E-state index in [2.05, 4.69) is 0 Å². The topological polar surface area (TPSA) is 78.6 Å². The number of ether oxygens (including phenoxy) is 2. The van der Waals surface area contributed by atoms with Crippen molar-refractivity contribution in [1.82, 2.24) is 0 Å². The summed E-state index contributed by atoms with van der Waals surface area (Å²) in [5.41, 5.74) is 8.71. The lowest BCUT2D eigenvalue weighted by molar-refractivity contribution is -0.142. The van der Waals surface area contributed by atoms with Gasteiger partial charge in [-0.05, 0) is 41.8 Å². The molecule has 0 unspecified atom stereocenters. The molecule has 0 saturated heterocycles. The monoisotopic (exact) mass is 457 g/mol. The van der Waals surface area contributed by atoms with Gasteiger partial charge in [0.05, 0.1) is 5.56 Å². The van der Waals surface area contributed by atoms with Gasteiger partial charge >= 0.3 is 11.9 Å². The van der Waals surface area contributed by atoms with Gasteiger partial charge in [-0.15, -0.1) is 0 Å². The summed E-state index contributed by atoms with van der Waals surface area (Å²) in [6.45, 7) is 2.54. The number of hydrogen-bond acceptors (Lipinski definition) is 5. The number of carbonyl (C=O) groups excluding carboxylic acids is 2. The Labute approximate surface area is 201 Å². The van der Waals surface area contributed by atoms with Gasteiger partial charge in [0, 0.05) is 12.1 Å². The van der Waals surface area contributed by atoms with E-state index in [4.69, 9.17) is 15.2 Å². The molecule has 0 aliphatic rings. The van der Waals surface area contributed by atoms with E-state index in [1.54, 1.807) is 30.3 Å². The van der Waals surface area contributed by atoms with E-state index in [1.165, 1.54) is 0 Å². The van der Waals surface area contributed by atoms with Gasteiger partial charge in [0.2, 0.25) is 0 Å². The normalized spacial score (nSPS) is 10.5. The third-order valence-electron chi connectivity index (χ3n) is 4.51. The second-order valence-corrected chi connectivity index (χ2v) is 7.24. The SMILES string of the molecule is CCCC(=O)OC/C=C/c1ccccc1.Nc1ccccc1C(=O)OC/C=C/c1ccccc1. The molecule has 3 rings (SSSR count). The summed E-state index contributed by atoms with van der Waals surface area (Å²) in [4.78, 5) is 22.7. The number of nitrogen functional groups attached to an aromatic ring is 1. The maximum absolute atomic E-state index is 11.7. The number of para-hydroxylation sites is 1. The first kappa shape index (κ1) is 26.1. The average molecular weight is 458 g/mol.